The number of carbonyl (C=O) groups is 2. The van der Waals surface area contributed by atoms with E-state index in [1.54, 1.807) is 20.8 Å². The molecule has 102 valence electrons. The third-order valence-electron chi connectivity index (χ3n) is 3.46. The van der Waals surface area contributed by atoms with E-state index in [1.807, 2.05) is 0 Å². The van der Waals surface area contributed by atoms with Gasteiger partial charge in [0.25, 0.3) is 0 Å². The van der Waals surface area contributed by atoms with Crippen LogP contribution in [0.1, 0.15) is 33.6 Å². The molecule has 2 bridgehead atoms. The average molecular weight is 259 g/mol. The molecule has 0 radical (unpaired) electrons. The number of piperidine rings is 1. The van der Waals surface area contributed by atoms with Gasteiger partial charge in [-0.3, -0.25) is 4.90 Å². The van der Waals surface area contributed by atoms with Crippen LogP contribution in [0.3, 0.4) is 0 Å². The molecule has 1 aliphatic heterocycles. The van der Waals surface area contributed by atoms with Crippen LogP contribution in [-0.2, 0) is 9.53 Å². The number of nitrogens with zero attached hydrogens (tertiary/aromatic N) is 1. The lowest BCUT2D eigenvalue weighted by Crippen LogP contribution is -2.53. The summed E-state index contributed by atoms with van der Waals surface area (Å²) in [5.41, 5.74) is -0.683. The van der Waals surface area contributed by atoms with Gasteiger partial charge in [-0.2, -0.15) is 0 Å². The third kappa shape index (κ3) is 2.15. The largest absolute Gasteiger partial charge is 0.480 e. The summed E-state index contributed by atoms with van der Waals surface area (Å²) in [6, 6.07) is -1.44. The maximum absolute atomic E-state index is 13.6. The van der Waals surface area contributed by atoms with Crippen LogP contribution < -0.4 is 0 Å². The van der Waals surface area contributed by atoms with E-state index in [9.17, 15) is 14.0 Å². The Balaban J connectivity index is 2.17. The van der Waals surface area contributed by atoms with E-state index >= 15 is 0 Å². The fourth-order valence-corrected chi connectivity index (χ4v) is 2.86. The fourth-order valence-electron chi connectivity index (χ4n) is 2.86. The molecule has 4 atom stereocenters. The first-order valence-electron chi connectivity index (χ1n) is 6.09. The number of hydrogen-bond donors (Lipinski definition) is 1. The number of alkyl halides is 1. The molecule has 6 heteroatoms. The van der Waals surface area contributed by atoms with Gasteiger partial charge in [0.1, 0.15) is 17.8 Å². The highest BCUT2D eigenvalue weighted by molar-refractivity contribution is 5.82. The third-order valence-corrected chi connectivity index (χ3v) is 3.46. The van der Waals surface area contributed by atoms with Crippen LogP contribution in [0.15, 0.2) is 0 Å². The topological polar surface area (TPSA) is 66.8 Å². The van der Waals surface area contributed by atoms with Gasteiger partial charge in [0.15, 0.2) is 0 Å². The molecule has 0 aromatic rings. The SMILES string of the molecule is CC(C)(C)OC(=O)N1[C@H]2C[C@@H]([C@H]1C(=O)O)[C@@H](F)C2. The number of halogens is 1. The number of ether oxygens (including phenoxy) is 1. The Morgan fingerprint density at radius 2 is 1.94 bits per heavy atom. The van der Waals surface area contributed by atoms with Crippen molar-refractivity contribution in [3.05, 3.63) is 0 Å². The Labute approximate surface area is 105 Å². The highest BCUT2D eigenvalue weighted by Gasteiger charge is 2.57. The first-order valence-corrected chi connectivity index (χ1v) is 6.09. The van der Waals surface area contributed by atoms with Gasteiger partial charge in [-0.05, 0) is 33.6 Å². The normalized spacial score (nSPS) is 34.8. The lowest BCUT2D eigenvalue weighted by atomic mass is 9.97. The Morgan fingerprint density at radius 3 is 2.44 bits per heavy atom. The molecule has 1 N–H and O–H groups in total. The number of fused-ring (bicyclic) bond motifs is 2. The molecule has 2 aliphatic rings. The Hall–Kier alpha value is -1.33. The summed E-state index contributed by atoms with van der Waals surface area (Å²) in [6.07, 6.45) is -1.16. The molecular formula is C12H18FNO4. The van der Waals surface area contributed by atoms with Gasteiger partial charge in [0, 0.05) is 12.0 Å². The zero-order chi connectivity index (χ0) is 13.7. The Bertz CT molecular complexity index is 379. The number of carbonyl (C=O) groups excluding carboxylic acids is 1. The zero-order valence-electron chi connectivity index (χ0n) is 10.7. The molecule has 1 saturated carbocycles. The number of carboxylic acids is 1. The van der Waals surface area contributed by atoms with Gasteiger partial charge in [0.05, 0.1) is 0 Å². The van der Waals surface area contributed by atoms with Crippen molar-refractivity contribution in [3.63, 3.8) is 0 Å². The van der Waals surface area contributed by atoms with E-state index < -0.39 is 35.8 Å². The number of aliphatic carboxylic acids is 1. The van der Waals surface area contributed by atoms with E-state index in [0.29, 0.717) is 6.42 Å². The highest BCUT2D eigenvalue weighted by atomic mass is 19.1. The second-order valence-electron chi connectivity index (χ2n) is 5.98. The van der Waals surface area contributed by atoms with Crippen molar-refractivity contribution in [2.24, 2.45) is 5.92 Å². The zero-order valence-corrected chi connectivity index (χ0v) is 10.7. The van der Waals surface area contributed by atoms with Gasteiger partial charge in [0.2, 0.25) is 0 Å². The summed E-state index contributed by atoms with van der Waals surface area (Å²) in [7, 11) is 0. The van der Waals surface area contributed by atoms with E-state index in [4.69, 9.17) is 9.84 Å². The molecular weight excluding hydrogens is 241 g/mol. The first-order chi connectivity index (χ1) is 8.20. The maximum atomic E-state index is 13.6. The van der Waals surface area contributed by atoms with Crippen LogP contribution in [0.4, 0.5) is 9.18 Å². The minimum Gasteiger partial charge on any atom is -0.480 e. The summed E-state index contributed by atoms with van der Waals surface area (Å²) in [5.74, 6) is -1.75. The van der Waals surface area contributed by atoms with E-state index in [1.165, 1.54) is 4.90 Å². The molecule has 2 rings (SSSR count). The molecule has 1 amide bonds. The van der Waals surface area contributed by atoms with E-state index in [-0.39, 0.29) is 12.5 Å². The van der Waals surface area contributed by atoms with Crippen LogP contribution in [0.25, 0.3) is 0 Å². The second kappa shape index (κ2) is 4.10. The average Bonchev–Trinajstić information content (AvgIpc) is 2.69. The van der Waals surface area contributed by atoms with Crippen molar-refractivity contribution in [2.75, 3.05) is 0 Å². The standard InChI is InChI=1S/C12H18FNO4/c1-12(2,3)18-11(17)14-6-4-7(8(13)5-6)9(14)10(15)16/h6-9H,4-5H2,1-3H3,(H,15,16)/t6-,7+,8-,9-/m0/s1. The number of carboxylic acid groups (broad SMARTS) is 1. The number of amides is 1. The molecule has 1 aliphatic carbocycles. The minimum atomic E-state index is -1.16. The van der Waals surface area contributed by atoms with Crippen molar-refractivity contribution >= 4 is 12.1 Å². The van der Waals surface area contributed by atoms with Crippen molar-refractivity contribution in [1.82, 2.24) is 4.90 Å². The van der Waals surface area contributed by atoms with E-state index in [2.05, 4.69) is 0 Å². The van der Waals surface area contributed by atoms with Gasteiger partial charge in [-0.25, -0.2) is 14.0 Å². The molecule has 5 nitrogen and oxygen atoms in total. The molecule has 0 spiro atoms. The molecule has 1 heterocycles. The van der Waals surface area contributed by atoms with Gasteiger partial charge in [-0.15, -0.1) is 0 Å². The van der Waals surface area contributed by atoms with Crippen molar-refractivity contribution in [3.8, 4) is 0 Å². The first kappa shape index (κ1) is 13.1. The maximum Gasteiger partial charge on any atom is 0.411 e. The highest BCUT2D eigenvalue weighted by Crippen LogP contribution is 2.44. The second-order valence-corrected chi connectivity index (χ2v) is 5.98. The lowest BCUT2D eigenvalue weighted by molar-refractivity contribution is -0.146. The van der Waals surface area contributed by atoms with Crippen LogP contribution in [0.2, 0.25) is 0 Å². The number of likely N-dealkylation sites (tertiary alicyclic amines) is 1. The summed E-state index contributed by atoms with van der Waals surface area (Å²) in [5, 5.41) is 9.15. The predicted molar refractivity (Wildman–Crippen MR) is 60.9 cm³/mol. The minimum absolute atomic E-state index is 0.216. The molecule has 0 unspecified atom stereocenters. The van der Waals surface area contributed by atoms with Gasteiger partial charge >= 0.3 is 12.1 Å². The quantitative estimate of drug-likeness (QED) is 0.779. The summed E-state index contributed by atoms with van der Waals surface area (Å²) in [4.78, 5) is 24.4. The monoisotopic (exact) mass is 259 g/mol. The Morgan fingerprint density at radius 1 is 1.33 bits per heavy atom. The molecule has 2 fully saturated rings. The molecule has 0 aromatic heterocycles. The summed E-state index contributed by atoms with van der Waals surface area (Å²) >= 11 is 0. The van der Waals surface area contributed by atoms with Crippen molar-refractivity contribution < 1.29 is 23.8 Å². The number of rotatable bonds is 1. The summed E-state index contributed by atoms with van der Waals surface area (Å²) < 4.78 is 18.8. The predicted octanol–water partition coefficient (Wildman–Crippen LogP) is 1.81. The molecule has 0 aromatic carbocycles. The summed E-state index contributed by atoms with van der Waals surface area (Å²) in [6.45, 7) is 5.15. The van der Waals surface area contributed by atoms with E-state index in [0.717, 1.165) is 0 Å². The van der Waals surface area contributed by atoms with Gasteiger partial charge < -0.3 is 9.84 Å². The Kier molecular flexibility index (Phi) is 2.99. The molecule has 18 heavy (non-hydrogen) atoms. The lowest BCUT2D eigenvalue weighted by Gasteiger charge is -2.35. The van der Waals surface area contributed by atoms with Crippen LogP contribution >= 0.6 is 0 Å². The van der Waals surface area contributed by atoms with Gasteiger partial charge in [-0.1, -0.05) is 0 Å². The van der Waals surface area contributed by atoms with Crippen LogP contribution in [-0.4, -0.2) is 45.9 Å². The van der Waals surface area contributed by atoms with Crippen molar-refractivity contribution in [2.45, 2.75) is 57.5 Å². The fraction of sp³-hybridized carbons (Fsp3) is 0.833. The van der Waals surface area contributed by atoms with Crippen LogP contribution in [0, 0.1) is 5.92 Å². The molecule has 1 saturated heterocycles. The number of hydrogen-bond acceptors (Lipinski definition) is 3. The van der Waals surface area contributed by atoms with Crippen LogP contribution in [0.5, 0.6) is 0 Å². The smallest absolute Gasteiger partial charge is 0.411 e. The van der Waals surface area contributed by atoms with Crippen molar-refractivity contribution in [1.29, 1.82) is 0 Å².